The van der Waals surface area contributed by atoms with Gasteiger partial charge in [0.1, 0.15) is 18.1 Å². The number of aliphatic carboxylic acids is 3. The number of aliphatic imine (C=N–C) groups is 1. The average molecular weight is 453 g/mol. The Kier molecular flexibility index (Phi) is 22.2. The van der Waals surface area contributed by atoms with E-state index in [1.807, 2.05) is 13.8 Å². The van der Waals surface area contributed by atoms with Crippen molar-refractivity contribution < 1.29 is 34.8 Å². The molecule has 0 saturated heterocycles. The van der Waals surface area contributed by atoms with Gasteiger partial charge in [-0.15, -0.1) is 0 Å². The SMILES string of the molecule is CC(C)C[C@H](N)C(=O)O.NC(CCCO)C(=O)O.NC(N)=NCCCC[C@H](N)C(=O)O. The second-order valence-corrected chi connectivity index (χ2v) is 7.13. The van der Waals surface area contributed by atoms with Gasteiger partial charge >= 0.3 is 17.9 Å². The van der Waals surface area contributed by atoms with E-state index in [0.717, 1.165) is 6.42 Å². The topological polar surface area (TPSA) is 275 Å². The Morgan fingerprint density at radius 1 is 0.774 bits per heavy atom. The van der Waals surface area contributed by atoms with E-state index in [0.29, 0.717) is 44.6 Å². The third-order valence-corrected chi connectivity index (χ3v) is 3.57. The molecule has 0 aromatic heterocycles. The molecule has 0 saturated carbocycles. The van der Waals surface area contributed by atoms with Gasteiger partial charge in [-0.05, 0) is 44.4 Å². The number of guanidine groups is 1. The van der Waals surface area contributed by atoms with Crippen LogP contribution < -0.4 is 28.7 Å². The molecular formula is C18H40N6O7. The van der Waals surface area contributed by atoms with Crippen molar-refractivity contribution in [3.63, 3.8) is 0 Å². The quantitative estimate of drug-likeness (QED) is 0.0872. The van der Waals surface area contributed by atoms with Gasteiger partial charge in [-0.25, -0.2) is 0 Å². The van der Waals surface area contributed by atoms with Gasteiger partial charge in [0.25, 0.3) is 0 Å². The molecule has 0 amide bonds. The van der Waals surface area contributed by atoms with Crippen LogP contribution in [0.25, 0.3) is 0 Å². The zero-order valence-electron chi connectivity index (χ0n) is 18.3. The summed E-state index contributed by atoms with van der Waals surface area (Å²) >= 11 is 0. The Bertz CT molecular complexity index is 528. The van der Waals surface area contributed by atoms with E-state index in [1.165, 1.54) is 0 Å². The lowest BCUT2D eigenvalue weighted by molar-refractivity contribution is -0.139. The molecule has 31 heavy (non-hydrogen) atoms. The van der Waals surface area contributed by atoms with Crippen LogP contribution in [0.1, 0.15) is 52.4 Å². The van der Waals surface area contributed by atoms with Gasteiger partial charge in [0.05, 0.1) is 0 Å². The minimum Gasteiger partial charge on any atom is -0.480 e. The van der Waals surface area contributed by atoms with E-state index in [1.54, 1.807) is 0 Å². The molecule has 0 heterocycles. The molecule has 13 heteroatoms. The van der Waals surface area contributed by atoms with Gasteiger partial charge in [-0.3, -0.25) is 19.4 Å². The van der Waals surface area contributed by atoms with Crippen molar-refractivity contribution in [1.82, 2.24) is 0 Å². The molecule has 184 valence electrons. The fraction of sp³-hybridized carbons (Fsp3) is 0.778. The van der Waals surface area contributed by atoms with Gasteiger partial charge in [-0.2, -0.15) is 0 Å². The van der Waals surface area contributed by atoms with Gasteiger partial charge in [0.2, 0.25) is 0 Å². The number of hydrogen-bond acceptors (Lipinski definition) is 8. The molecule has 0 bridgehead atoms. The average Bonchev–Trinajstić information content (AvgIpc) is 2.65. The summed E-state index contributed by atoms with van der Waals surface area (Å²) in [6.07, 6.45) is 3.26. The van der Waals surface area contributed by atoms with Crippen molar-refractivity contribution in [2.24, 2.45) is 39.6 Å². The normalized spacial score (nSPS) is 12.9. The zero-order chi connectivity index (χ0) is 25.0. The number of aliphatic hydroxyl groups excluding tert-OH is 1. The minimum absolute atomic E-state index is 0.000972. The first-order valence-electron chi connectivity index (χ1n) is 9.87. The number of rotatable bonds is 13. The maximum Gasteiger partial charge on any atom is 0.320 e. The maximum atomic E-state index is 10.3. The Morgan fingerprint density at radius 3 is 1.48 bits per heavy atom. The predicted octanol–water partition coefficient (Wildman–Crippen LogP) is -1.54. The summed E-state index contributed by atoms with van der Waals surface area (Å²) in [5.41, 5.74) is 25.8. The molecule has 0 aliphatic heterocycles. The van der Waals surface area contributed by atoms with Crippen molar-refractivity contribution in [2.75, 3.05) is 13.2 Å². The molecule has 1 unspecified atom stereocenters. The number of carboxylic acids is 3. The first-order chi connectivity index (χ1) is 14.3. The third kappa shape index (κ3) is 27.5. The van der Waals surface area contributed by atoms with Crippen LogP contribution in [0.5, 0.6) is 0 Å². The third-order valence-electron chi connectivity index (χ3n) is 3.57. The molecule has 14 N–H and O–H groups in total. The van der Waals surface area contributed by atoms with Crippen LogP contribution in [0.15, 0.2) is 4.99 Å². The second kappa shape index (κ2) is 20.8. The molecule has 3 atom stereocenters. The smallest absolute Gasteiger partial charge is 0.320 e. The van der Waals surface area contributed by atoms with Gasteiger partial charge in [0.15, 0.2) is 5.96 Å². The van der Waals surface area contributed by atoms with Crippen molar-refractivity contribution in [1.29, 1.82) is 0 Å². The molecule has 0 aliphatic carbocycles. The number of hydrogen-bond donors (Lipinski definition) is 9. The molecule has 0 radical (unpaired) electrons. The molecule has 0 aromatic rings. The van der Waals surface area contributed by atoms with E-state index in [9.17, 15) is 14.4 Å². The summed E-state index contributed by atoms with van der Waals surface area (Å²) in [5.74, 6) is -2.48. The molecule has 0 spiro atoms. The highest BCUT2D eigenvalue weighted by atomic mass is 16.4. The van der Waals surface area contributed by atoms with Crippen LogP contribution in [-0.4, -0.2) is 75.6 Å². The van der Waals surface area contributed by atoms with Gasteiger partial charge in [-0.1, -0.05) is 13.8 Å². The fourth-order valence-electron chi connectivity index (χ4n) is 1.85. The number of nitrogens with two attached hydrogens (primary N) is 5. The molecular weight excluding hydrogens is 412 g/mol. The fourth-order valence-corrected chi connectivity index (χ4v) is 1.85. The van der Waals surface area contributed by atoms with E-state index in [4.69, 9.17) is 49.1 Å². The zero-order valence-corrected chi connectivity index (χ0v) is 18.3. The molecule has 0 fully saturated rings. The van der Waals surface area contributed by atoms with Crippen molar-refractivity contribution in [3.8, 4) is 0 Å². The van der Waals surface area contributed by atoms with Crippen LogP contribution in [0.3, 0.4) is 0 Å². The summed E-state index contributed by atoms with van der Waals surface area (Å²) < 4.78 is 0. The summed E-state index contributed by atoms with van der Waals surface area (Å²) in [7, 11) is 0. The van der Waals surface area contributed by atoms with Gasteiger partial charge < -0.3 is 49.1 Å². The van der Waals surface area contributed by atoms with E-state index >= 15 is 0 Å². The lowest BCUT2D eigenvalue weighted by Gasteiger charge is -2.07. The predicted molar refractivity (Wildman–Crippen MR) is 117 cm³/mol. The highest BCUT2D eigenvalue weighted by Crippen LogP contribution is 2.01. The van der Waals surface area contributed by atoms with Crippen LogP contribution in [0.4, 0.5) is 0 Å². The molecule has 0 aromatic carbocycles. The Labute approximate surface area is 182 Å². The summed E-state index contributed by atoms with van der Waals surface area (Å²) in [6.45, 7) is 4.42. The number of carboxylic acid groups (broad SMARTS) is 3. The van der Waals surface area contributed by atoms with Crippen molar-refractivity contribution in [3.05, 3.63) is 0 Å². The summed E-state index contributed by atoms with van der Waals surface area (Å²) in [6, 6.07) is -2.29. The van der Waals surface area contributed by atoms with E-state index in [2.05, 4.69) is 4.99 Å². The summed E-state index contributed by atoms with van der Waals surface area (Å²) in [5, 5.41) is 33.2. The first-order valence-corrected chi connectivity index (χ1v) is 9.87. The second-order valence-electron chi connectivity index (χ2n) is 7.13. The van der Waals surface area contributed by atoms with Crippen molar-refractivity contribution >= 4 is 23.9 Å². The Hall–Kier alpha value is -2.48. The van der Waals surface area contributed by atoms with Crippen LogP contribution in [0, 0.1) is 5.92 Å². The number of nitrogens with zero attached hydrogens (tertiary/aromatic N) is 1. The monoisotopic (exact) mass is 452 g/mol. The number of unbranched alkanes of at least 4 members (excludes halogenated alkanes) is 1. The first kappa shape index (κ1) is 33.2. The van der Waals surface area contributed by atoms with Crippen LogP contribution >= 0.6 is 0 Å². The van der Waals surface area contributed by atoms with E-state index < -0.39 is 36.0 Å². The lowest BCUT2D eigenvalue weighted by atomic mass is 10.1. The summed E-state index contributed by atoms with van der Waals surface area (Å²) in [4.78, 5) is 34.1. The molecule has 0 rings (SSSR count). The van der Waals surface area contributed by atoms with E-state index in [-0.39, 0.29) is 12.6 Å². The highest BCUT2D eigenvalue weighted by Gasteiger charge is 2.12. The van der Waals surface area contributed by atoms with Gasteiger partial charge in [0, 0.05) is 13.2 Å². The highest BCUT2D eigenvalue weighted by molar-refractivity contribution is 5.75. The van der Waals surface area contributed by atoms with Crippen molar-refractivity contribution in [2.45, 2.75) is 70.5 Å². The number of aliphatic hydroxyl groups is 1. The lowest BCUT2D eigenvalue weighted by Crippen LogP contribution is -2.31. The Morgan fingerprint density at radius 2 is 1.19 bits per heavy atom. The Balaban J connectivity index is -0.000000390. The van der Waals surface area contributed by atoms with Crippen LogP contribution in [-0.2, 0) is 14.4 Å². The standard InChI is InChI=1S/C7H16N4O2.C6H13NO2.C5H11NO3/c8-5(6(12)13)3-1-2-4-11-7(9)10;1-4(2)3-5(7)6(8)9;6-4(5(8)9)2-1-3-7/h5H,1-4,8H2,(H,12,13)(H4,9,10,11);4-5H,3,7H2,1-2H3,(H,8,9);4,7H,1-3,6H2,(H,8,9)/t2*5-;/m00./s1. The number of carbonyl (C=O) groups is 3. The minimum atomic E-state index is -1.01. The van der Waals surface area contributed by atoms with Crippen LogP contribution in [0.2, 0.25) is 0 Å². The maximum absolute atomic E-state index is 10.3. The molecule has 13 nitrogen and oxygen atoms in total. The molecule has 0 aliphatic rings. The largest absolute Gasteiger partial charge is 0.480 e.